The van der Waals surface area contributed by atoms with Gasteiger partial charge >= 0.3 is 6.09 Å². The molecule has 0 aliphatic carbocycles. The summed E-state index contributed by atoms with van der Waals surface area (Å²) < 4.78 is 5.22. The summed E-state index contributed by atoms with van der Waals surface area (Å²) in [7, 11) is 0. The average Bonchev–Trinajstić information content (AvgIpc) is 2.69. The molecule has 6 nitrogen and oxygen atoms in total. The van der Waals surface area contributed by atoms with Crippen molar-refractivity contribution in [1.29, 1.82) is 0 Å². The molecule has 26 heavy (non-hydrogen) atoms. The second-order valence-corrected chi connectivity index (χ2v) is 6.11. The molecular formula is C20H25N3O3. The number of ether oxygens (including phenoxy) is 1. The van der Waals surface area contributed by atoms with Gasteiger partial charge in [-0.2, -0.15) is 0 Å². The summed E-state index contributed by atoms with van der Waals surface area (Å²) in [6, 6.07) is 14.3. The lowest BCUT2D eigenvalue weighted by Gasteiger charge is -2.23. The van der Waals surface area contributed by atoms with Crippen LogP contribution in [0.4, 0.5) is 4.79 Å². The van der Waals surface area contributed by atoms with Crippen molar-refractivity contribution < 1.29 is 14.3 Å². The van der Waals surface area contributed by atoms with Gasteiger partial charge in [-0.25, -0.2) is 4.79 Å². The monoisotopic (exact) mass is 355 g/mol. The van der Waals surface area contributed by atoms with E-state index in [1.165, 1.54) is 0 Å². The number of amides is 2. The quantitative estimate of drug-likeness (QED) is 0.763. The van der Waals surface area contributed by atoms with E-state index in [9.17, 15) is 9.59 Å². The maximum atomic E-state index is 12.5. The van der Waals surface area contributed by atoms with Crippen LogP contribution in [0.15, 0.2) is 54.7 Å². The Balaban J connectivity index is 1.89. The van der Waals surface area contributed by atoms with Crippen LogP contribution in [0.2, 0.25) is 0 Å². The molecule has 0 aliphatic rings. The van der Waals surface area contributed by atoms with Crippen molar-refractivity contribution >= 4 is 12.0 Å². The predicted octanol–water partition coefficient (Wildman–Crippen LogP) is 3.04. The molecule has 6 heteroatoms. The fraction of sp³-hybridized carbons (Fsp3) is 0.350. The Bertz CT molecular complexity index is 692. The SMILES string of the molecule is CC[C@H](C)[C@H](NC(=O)OCc1ccccc1)C(=O)NCc1ccccn1. The summed E-state index contributed by atoms with van der Waals surface area (Å²) >= 11 is 0. The van der Waals surface area contributed by atoms with Crippen molar-refractivity contribution in [2.24, 2.45) is 5.92 Å². The van der Waals surface area contributed by atoms with Crippen molar-refractivity contribution in [3.63, 3.8) is 0 Å². The standard InChI is InChI=1S/C20H25N3O3/c1-3-15(2)18(19(24)22-13-17-11-7-8-12-21-17)23-20(25)26-14-16-9-5-4-6-10-16/h4-12,15,18H,3,13-14H2,1-2H3,(H,22,24)(H,23,25)/t15-,18-/m0/s1. The number of benzene rings is 1. The summed E-state index contributed by atoms with van der Waals surface area (Å²) in [5, 5.41) is 5.50. The molecule has 0 fully saturated rings. The Morgan fingerprint density at radius 3 is 2.50 bits per heavy atom. The topological polar surface area (TPSA) is 80.3 Å². The van der Waals surface area contributed by atoms with Gasteiger partial charge in [0.15, 0.2) is 0 Å². The Morgan fingerprint density at radius 2 is 1.85 bits per heavy atom. The summed E-state index contributed by atoms with van der Waals surface area (Å²) in [5.74, 6) is -0.273. The Labute approximate surface area is 154 Å². The van der Waals surface area contributed by atoms with Gasteiger partial charge in [0.05, 0.1) is 12.2 Å². The molecule has 0 unspecified atom stereocenters. The molecule has 0 spiro atoms. The van der Waals surface area contributed by atoms with E-state index in [0.29, 0.717) is 6.54 Å². The lowest BCUT2D eigenvalue weighted by atomic mass is 9.98. The van der Waals surface area contributed by atoms with Crippen molar-refractivity contribution in [3.8, 4) is 0 Å². The van der Waals surface area contributed by atoms with Crippen LogP contribution in [-0.2, 0) is 22.7 Å². The number of alkyl carbamates (subject to hydrolysis) is 1. The fourth-order valence-corrected chi connectivity index (χ4v) is 2.38. The fourth-order valence-electron chi connectivity index (χ4n) is 2.38. The number of carbonyl (C=O) groups is 2. The first kappa shape index (κ1) is 19.4. The molecule has 0 saturated carbocycles. The molecule has 2 aromatic rings. The lowest BCUT2D eigenvalue weighted by molar-refractivity contribution is -0.124. The number of hydrogen-bond donors (Lipinski definition) is 2. The summed E-state index contributed by atoms with van der Waals surface area (Å²) in [6.45, 7) is 4.37. The molecule has 1 heterocycles. The third-order valence-electron chi connectivity index (χ3n) is 4.15. The van der Waals surface area contributed by atoms with E-state index in [0.717, 1.165) is 17.7 Å². The van der Waals surface area contributed by atoms with Crippen LogP contribution in [-0.4, -0.2) is 23.0 Å². The van der Waals surface area contributed by atoms with Crippen molar-refractivity contribution in [1.82, 2.24) is 15.6 Å². The van der Waals surface area contributed by atoms with Gasteiger partial charge in [-0.1, -0.05) is 56.7 Å². The van der Waals surface area contributed by atoms with Crippen molar-refractivity contribution in [2.75, 3.05) is 0 Å². The number of carbonyl (C=O) groups excluding carboxylic acids is 2. The molecular weight excluding hydrogens is 330 g/mol. The van der Waals surface area contributed by atoms with E-state index >= 15 is 0 Å². The lowest BCUT2D eigenvalue weighted by Crippen LogP contribution is -2.50. The number of hydrogen-bond acceptors (Lipinski definition) is 4. The first-order chi connectivity index (χ1) is 12.6. The molecule has 1 aromatic carbocycles. The highest BCUT2D eigenvalue weighted by Crippen LogP contribution is 2.09. The third-order valence-corrected chi connectivity index (χ3v) is 4.15. The van der Waals surface area contributed by atoms with Gasteiger partial charge < -0.3 is 15.4 Å². The van der Waals surface area contributed by atoms with Gasteiger partial charge in [-0.15, -0.1) is 0 Å². The minimum atomic E-state index is -0.660. The van der Waals surface area contributed by atoms with Gasteiger partial charge in [-0.05, 0) is 23.6 Å². The van der Waals surface area contributed by atoms with Crippen LogP contribution in [0.5, 0.6) is 0 Å². The van der Waals surface area contributed by atoms with Gasteiger partial charge in [-0.3, -0.25) is 9.78 Å². The minimum absolute atomic E-state index is 0.0250. The van der Waals surface area contributed by atoms with E-state index in [-0.39, 0.29) is 18.4 Å². The number of rotatable bonds is 8. The van der Waals surface area contributed by atoms with Gasteiger partial charge in [0, 0.05) is 6.20 Å². The minimum Gasteiger partial charge on any atom is -0.445 e. The molecule has 0 radical (unpaired) electrons. The highest BCUT2D eigenvalue weighted by atomic mass is 16.5. The molecule has 2 atom stereocenters. The van der Waals surface area contributed by atoms with E-state index < -0.39 is 12.1 Å². The Morgan fingerprint density at radius 1 is 1.12 bits per heavy atom. The summed E-state index contributed by atoms with van der Waals surface area (Å²) in [6.07, 6.45) is 1.82. The highest BCUT2D eigenvalue weighted by molar-refractivity contribution is 5.85. The summed E-state index contributed by atoms with van der Waals surface area (Å²) in [4.78, 5) is 28.8. The van der Waals surface area contributed by atoms with Crippen LogP contribution in [0.25, 0.3) is 0 Å². The van der Waals surface area contributed by atoms with Crippen LogP contribution in [0.3, 0.4) is 0 Å². The smallest absolute Gasteiger partial charge is 0.408 e. The van der Waals surface area contributed by atoms with Gasteiger partial charge in [0.25, 0.3) is 0 Å². The molecule has 0 aliphatic heterocycles. The second-order valence-electron chi connectivity index (χ2n) is 6.11. The predicted molar refractivity (Wildman–Crippen MR) is 99.1 cm³/mol. The molecule has 2 N–H and O–H groups in total. The zero-order valence-electron chi connectivity index (χ0n) is 15.1. The van der Waals surface area contributed by atoms with E-state index in [2.05, 4.69) is 15.6 Å². The van der Waals surface area contributed by atoms with E-state index in [4.69, 9.17) is 4.74 Å². The van der Waals surface area contributed by atoms with E-state index in [1.807, 2.05) is 62.4 Å². The van der Waals surface area contributed by atoms with Crippen LogP contribution in [0, 0.1) is 5.92 Å². The maximum Gasteiger partial charge on any atom is 0.408 e. The van der Waals surface area contributed by atoms with Crippen LogP contribution >= 0.6 is 0 Å². The molecule has 0 bridgehead atoms. The van der Waals surface area contributed by atoms with Crippen LogP contribution < -0.4 is 10.6 Å². The Hall–Kier alpha value is -2.89. The van der Waals surface area contributed by atoms with Crippen molar-refractivity contribution in [3.05, 3.63) is 66.0 Å². The molecule has 2 rings (SSSR count). The largest absolute Gasteiger partial charge is 0.445 e. The van der Waals surface area contributed by atoms with Crippen molar-refractivity contribution in [2.45, 2.75) is 39.5 Å². The number of aromatic nitrogens is 1. The second kappa shape index (κ2) is 10.2. The normalized spacial score (nSPS) is 12.7. The zero-order chi connectivity index (χ0) is 18.8. The third kappa shape index (κ3) is 6.20. The van der Waals surface area contributed by atoms with E-state index in [1.54, 1.807) is 6.20 Å². The number of pyridine rings is 1. The number of nitrogens with zero attached hydrogens (tertiary/aromatic N) is 1. The van der Waals surface area contributed by atoms with Crippen LogP contribution in [0.1, 0.15) is 31.5 Å². The first-order valence-corrected chi connectivity index (χ1v) is 8.75. The molecule has 0 saturated heterocycles. The van der Waals surface area contributed by atoms with Gasteiger partial charge in [0.1, 0.15) is 12.6 Å². The molecule has 138 valence electrons. The van der Waals surface area contributed by atoms with Gasteiger partial charge in [0.2, 0.25) is 5.91 Å². The first-order valence-electron chi connectivity index (χ1n) is 8.75. The number of nitrogens with one attached hydrogen (secondary N) is 2. The Kier molecular flexibility index (Phi) is 7.61. The molecule has 1 aromatic heterocycles. The molecule has 2 amide bonds. The summed E-state index contributed by atoms with van der Waals surface area (Å²) in [5.41, 5.74) is 1.65. The average molecular weight is 355 g/mol. The maximum absolute atomic E-state index is 12.5. The zero-order valence-corrected chi connectivity index (χ0v) is 15.1. The highest BCUT2D eigenvalue weighted by Gasteiger charge is 2.26.